The normalized spacial score (nSPS) is 18.6. The number of nitrogens with zero attached hydrogens (tertiary/aromatic N) is 4. The van der Waals surface area contributed by atoms with Gasteiger partial charge in [0, 0.05) is 53.6 Å². The first-order chi connectivity index (χ1) is 18.9. The number of hydrogen-bond donors (Lipinski definition) is 1. The zero-order valence-corrected chi connectivity index (χ0v) is 23.2. The van der Waals surface area contributed by atoms with Gasteiger partial charge in [0.2, 0.25) is 0 Å². The number of rotatable bonds is 8. The monoisotopic (exact) mass is 547 g/mol. The van der Waals surface area contributed by atoms with E-state index in [1.807, 2.05) is 19.2 Å². The molecule has 0 bridgehead atoms. The Kier molecular flexibility index (Phi) is 7.31. The molecule has 8 heteroatoms. The molecule has 2 saturated heterocycles. The molecule has 6 rings (SSSR count). The van der Waals surface area contributed by atoms with Gasteiger partial charge in [-0.3, -0.25) is 15.0 Å². The summed E-state index contributed by atoms with van der Waals surface area (Å²) in [6, 6.07) is 7.39. The van der Waals surface area contributed by atoms with Crippen molar-refractivity contribution in [2.45, 2.75) is 51.9 Å². The number of anilines is 2. The number of nitrogens with one attached hydrogen (secondary N) is 1. The average Bonchev–Trinajstić information content (AvgIpc) is 2.91. The van der Waals surface area contributed by atoms with Gasteiger partial charge < -0.3 is 10.2 Å². The Bertz CT molecular complexity index is 1360. The van der Waals surface area contributed by atoms with Gasteiger partial charge in [0.1, 0.15) is 5.69 Å². The fraction of sp³-hybridized carbons (Fsp3) is 0.452. The first kappa shape index (κ1) is 26.2. The van der Waals surface area contributed by atoms with E-state index in [0.29, 0.717) is 16.7 Å². The third kappa shape index (κ3) is 5.53. The summed E-state index contributed by atoms with van der Waals surface area (Å²) in [4.78, 5) is 16.0. The smallest absolute Gasteiger partial charge is 0.280 e. The third-order valence-electron chi connectivity index (χ3n) is 8.43. The molecule has 1 saturated carbocycles. The molecule has 0 amide bonds. The van der Waals surface area contributed by atoms with Crippen LogP contribution in [0.2, 0.25) is 0 Å². The molecular formula is C31H35F2N5S. The lowest BCUT2D eigenvalue weighted by Gasteiger charge is -2.53. The SMILES string of the molecule is C=C(Nc1cnc(C)c(-c2cnc(CC3CC4(CSC4)C3)c(N3CCCCC3)c2)c1)c1ccnc(C(F)F)c1. The van der Waals surface area contributed by atoms with E-state index in [1.165, 1.54) is 67.3 Å². The fourth-order valence-corrected chi connectivity index (χ4v) is 7.55. The van der Waals surface area contributed by atoms with Crippen LogP contribution in [0.3, 0.4) is 0 Å². The number of hydrogen-bond acceptors (Lipinski definition) is 6. The van der Waals surface area contributed by atoms with Crippen LogP contribution in [-0.2, 0) is 6.42 Å². The van der Waals surface area contributed by atoms with E-state index in [1.54, 1.807) is 12.3 Å². The minimum Gasteiger partial charge on any atom is -0.370 e. The number of halogens is 2. The van der Waals surface area contributed by atoms with Crippen LogP contribution in [0.1, 0.15) is 61.2 Å². The van der Waals surface area contributed by atoms with E-state index in [0.717, 1.165) is 47.9 Å². The summed E-state index contributed by atoms with van der Waals surface area (Å²) < 4.78 is 26.3. The van der Waals surface area contributed by atoms with Crippen LogP contribution in [-0.4, -0.2) is 39.5 Å². The van der Waals surface area contributed by atoms with Crippen LogP contribution >= 0.6 is 11.8 Å². The van der Waals surface area contributed by atoms with Crippen molar-refractivity contribution in [1.29, 1.82) is 0 Å². The molecule has 1 spiro atoms. The molecular weight excluding hydrogens is 512 g/mol. The number of alkyl halides is 2. The maximum atomic E-state index is 13.1. The molecule has 1 aliphatic carbocycles. The van der Waals surface area contributed by atoms with Crippen LogP contribution in [0.15, 0.2) is 49.4 Å². The van der Waals surface area contributed by atoms with Gasteiger partial charge in [0.15, 0.2) is 0 Å². The van der Waals surface area contributed by atoms with Crippen molar-refractivity contribution in [2.24, 2.45) is 11.3 Å². The maximum Gasteiger partial charge on any atom is 0.280 e. The molecule has 39 heavy (non-hydrogen) atoms. The number of thioether (sulfide) groups is 1. The van der Waals surface area contributed by atoms with Crippen molar-refractivity contribution in [1.82, 2.24) is 15.0 Å². The van der Waals surface area contributed by atoms with E-state index in [2.05, 4.69) is 44.6 Å². The summed E-state index contributed by atoms with van der Waals surface area (Å²) in [7, 11) is 0. The average molecular weight is 548 g/mol. The van der Waals surface area contributed by atoms with Gasteiger partial charge >= 0.3 is 0 Å². The molecule has 5 nitrogen and oxygen atoms in total. The molecule has 204 valence electrons. The minimum atomic E-state index is -2.63. The first-order valence-corrected chi connectivity index (χ1v) is 15.0. The van der Waals surface area contributed by atoms with Crippen LogP contribution < -0.4 is 10.2 Å². The molecule has 3 aromatic rings. The summed E-state index contributed by atoms with van der Waals surface area (Å²) in [5.74, 6) is 3.42. The predicted octanol–water partition coefficient (Wildman–Crippen LogP) is 7.54. The number of pyridine rings is 3. The topological polar surface area (TPSA) is 53.9 Å². The maximum absolute atomic E-state index is 13.1. The van der Waals surface area contributed by atoms with Gasteiger partial charge in [0.25, 0.3) is 6.43 Å². The van der Waals surface area contributed by atoms with E-state index >= 15 is 0 Å². The van der Waals surface area contributed by atoms with E-state index in [4.69, 9.17) is 4.98 Å². The van der Waals surface area contributed by atoms with Crippen molar-refractivity contribution in [3.8, 4) is 11.1 Å². The minimum absolute atomic E-state index is 0.266. The Morgan fingerprint density at radius 2 is 1.90 bits per heavy atom. The fourth-order valence-electron chi connectivity index (χ4n) is 6.30. The summed E-state index contributed by atoms with van der Waals surface area (Å²) in [5.41, 5.74) is 7.67. The molecule has 3 aliphatic rings. The Morgan fingerprint density at radius 3 is 2.62 bits per heavy atom. The quantitative estimate of drug-likeness (QED) is 0.314. The Labute approximate surface area is 233 Å². The summed E-state index contributed by atoms with van der Waals surface area (Å²) in [6.07, 6.45) is 9.98. The summed E-state index contributed by atoms with van der Waals surface area (Å²) in [6.45, 7) is 8.22. The van der Waals surface area contributed by atoms with E-state index < -0.39 is 6.43 Å². The standard InChI is InChI=1S/C31H35F2N5S/c1-20(23-6-7-34-28(11-23)30(32)33)37-25-13-26(21(2)35-17-25)24-12-29(38-8-4-3-5-9-38)27(36-16-24)10-22-14-31(15-22)18-39-19-31/h6-7,11-13,16-17,22,30,37H,1,3-5,8-10,14-15,18-19H2,2H3. The second-order valence-corrected chi connectivity index (χ2v) is 12.4. The Morgan fingerprint density at radius 1 is 1.10 bits per heavy atom. The molecule has 0 atom stereocenters. The van der Waals surface area contributed by atoms with Crippen LogP contribution in [0.4, 0.5) is 20.2 Å². The molecule has 0 aromatic carbocycles. The highest BCUT2D eigenvalue weighted by atomic mass is 32.2. The van der Waals surface area contributed by atoms with Gasteiger partial charge in [0.05, 0.1) is 23.3 Å². The number of aryl methyl sites for hydroxylation is 1. The molecule has 1 N–H and O–H groups in total. The highest BCUT2D eigenvalue weighted by molar-refractivity contribution is 8.00. The van der Waals surface area contributed by atoms with Gasteiger partial charge in [-0.05, 0) is 92.6 Å². The lowest BCUT2D eigenvalue weighted by Crippen LogP contribution is -2.48. The van der Waals surface area contributed by atoms with Gasteiger partial charge in [-0.15, -0.1) is 0 Å². The third-order valence-corrected chi connectivity index (χ3v) is 10.1. The second-order valence-electron chi connectivity index (χ2n) is 11.4. The lowest BCUT2D eigenvalue weighted by atomic mass is 9.62. The number of aromatic nitrogens is 3. The van der Waals surface area contributed by atoms with Gasteiger partial charge in [-0.25, -0.2) is 8.78 Å². The van der Waals surface area contributed by atoms with E-state index in [9.17, 15) is 8.78 Å². The summed E-state index contributed by atoms with van der Waals surface area (Å²) in [5, 5.41) is 3.25. The van der Waals surface area contributed by atoms with Gasteiger partial charge in [-0.2, -0.15) is 11.8 Å². The zero-order chi connectivity index (χ0) is 27.0. The van der Waals surface area contributed by atoms with Crippen LogP contribution in [0, 0.1) is 18.3 Å². The van der Waals surface area contributed by atoms with Crippen molar-refractivity contribution < 1.29 is 8.78 Å². The summed E-state index contributed by atoms with van der Waals surface area (Å²) >= 11 is 2.09. The second kappa shape index (κ2) is 10.9. The predicted molar refractivity (Wildman–Crippen MR) is 156 cm³/mol. The van der Waals surface area contributed by atoms with Gasteiger partial charge in [-0.1, -0.05) is 6.58 Å². The van der Waals surface area contributed by atoms with Crippen molar-refractivity contribution in [2.75, 3.05) is 34.8 Å². The molecule has 5 heterocycles. The van der Waals surface area contributed by atoms with Crippen LogP contribution in [0.25, 0.3) is 16.8 Å². The van der Waals surface area contributed by atoms with Crippen molar-refractivity contribution >= 4 is 28.8 Å². The van der Waals surface area contributed by atoms with Crippen molar-refractivity contribution in [3.63, 3.8) is 0 Å². The Hall–Kier alpha value is -3.00. The first-order valence-electron chi connectivity index (χ1n) is 13.9. The molecule has 2 aliphatic heterocycles. The largest absolute Gasteiger partial charge is 0.370 e. The highest BCUT2D eigenvalue weighted by Gasteiger charge is 2.48. The molecule has 0 radical (unpaired) electrons. The highest BCUT2D eigenvalue weighted by Crippen LogP contribution is 2.56. The lowest BCUT2D eigenvalue weighted by molar-refractivity contribution is 0.0946. The molecule has 3 aromatic heterocycles. The Balaban J connectivity index is 1.25. The molecule has 0 unspecified atom stereocenters. The van der Waals surface area contributed by atoms with Crippen LogP contribution in [0.5, 0.6) is 0 Å². The molecule has 3 fully saturated rings. The zero-order valence-electron chi connectivity index (χ0n) is 22.4. The number of piperidine rings is 1. The van der Waals surface area contributed by atoms with E-state index in [-0.39, 0.29) is 5.69 Å². The van der Waals surface area contributed by atoms with Crippen molar-refractivity contribution in [3.05, 3.63) is 72.1 Å².